The van der Waals surface area contributed by atoms with E-state index in [1.165, 1.54) is 33.5 Å². The van der Waals surface area contributed by atoms with Gasteiger partial charge in [0, 0.05) is 12.7 Å². The zero-order valence-corrected chi connectivity index (χ0v) is 16.5. The summed E-state index contributed by atoms with van der Waals surface area (Å²) < 4.78 is 0. The smallest absolute Gasteiger partial charge is 0.206 e. The topological polar surface area (TPSA) is 34.6 Å². The Labute approximate surface area is 156 Å². The van der Waals surface area contributed by atoms with Gasteiger partial charge in [0.25, 0.3) is 0 Å². The molecule has 0 bridgehead atoms. The maximum absolute atomic E-state index is 9.67. The predicted molar refractivity (Wildman–Crippen MR) is 108 cm³/mol. The summed E-state index contributed by atoms with van der Waals surface area (Å²) in [5.74, 6) is 0. The Kier molecular flexibility index (Phi) is 4.17. The monoisotopic (exact) mass is 344 g/mol. The van der Waals surface area contributed by atoms with Crippen LogP contribution in [0, 0.1) is 52.5 Å². The Bertz CT molecular complexity index is 976. The summed E-state index contributed by atoms with van der Waals surface area (Å²) in [5.41, 5.74) is 10.4. The molecule has 0 radical (unpaired) electrons. The lowest BCUT2D eigenvalue weighted by Gasteiger charge is -2.32. The van der Waals surface area contributed by atoms with Crippen molar-refractivity contribution in [2.45, 2.75) is 47.7 Å². The fourth-order valence-corrected chi connectivity index (χ4v) is 4.03. The molecule has 0 fully saturated rings. The molecule has 0 aliphatic carbocycles. The third-order valence-corrected chi connectivity index (χ3v) is 6.11. The van der Waals surface area contributed by atoms with Gasteiger partial charge in [-0.05, 0) is 75.4 Å². The summed E-state index contributed by atoms with van der Waals surface area (Å²) >= 11 is 0. The van der Waals surface area contributed by atoms with E-state index < -0.39 is 0 Å². The molecular weight excluding hydrogens is 320 g/mol. The van der Waals surface area contributed by atoms with E-state index >= 15 is 0 Å². The molecule has 2 aromatic carbocycles. The van der Waals surface area contributed by atoms with Crippen LogP contribution in [0.25, 0.3) is 4.85 Å². The molecule has 2 aromatic rings. The van der Waals surface area contributed by atoms with Crippen LogP contribution >= 0.6 is 0 Å². The molecule has 0 N–H and O–H groups in total. The van der Waals surface area contributed by atoms with Crippen LogP contribution in [0.15, 0.2) is 12.1 Å². The van der Waals surface area contributed by atoms with Crippen molar-refractivity contribution in [3.63, 3.8) is 0 Å². The molecule has 0 spiro atoms. The highest BCUT2D eigenvalue weighted by Gasteiger charge is 2.36. The number of fused-ring (bicyclic) bond motifs is 1. The first-order valence-electron chi connectivity index (χ1n) is 8.79. The molecule has 26 heavy (non-hydrogen) atoms. The van der Waals surface area contributed by atoms with Gasteiger partial charge in [-0.2, -0.15) is 5.26 Å². The van der Waals surface area contributed by atoms with E-state index in [-0.39, 0.29) is 6.17 Å². The summed E-state index contributed by atoms with van der Waals surface area (Å²) in [6, 6.07) is 5.99. The van der Waals surface area contributed by atoms with E-state index in [0.717, 1.165) is 11.4 Å². The van der Waals surface area contributed by atoms with Crippen molar-refractivity contribution in [1.29, 1.82) is 5.26 Å². The first kappa shape index (κ1) is 17.8. The van der Waals surface area contributed by atoms with Crippen LogP contribution in [-0.2, 0) is 0 Å². The van der Waals surface area contributed by atoms with Crippen LogP contribution in [0.2, 0.25) is 0 Å². The van der Waals surface area contributed by atoms with E-state index in [1.54, 1.807) is 6.07 Å². The number of benzene rings is 2. The zero-order valence-electron chi connectivity index (χ0n) is 16.5. The van der Waals surface area contributed by atoms with Crippen molar-refractivity contribution in [2.75, 3.05) is 16.8 Å². The molecule has 1 atom stereocenters. The molecule has 0 unspecified atom stereocenters. The Morgan fingerprint density at radius 3 is 2.00 bits per heavy atom. The zero-order chi connectivity index (χ0) is 19.3. The van der Waals surface area contributed by atoms with E-state index in [0.29, 0.717) is 11.3 Å². The van der Waals surface area contributed by atoms with Gasteiger partial charge in [-0.3, -0.25) is 0 Å². The van der Waals surface area contributed by atoms with Gasteiger partial charge in [-0.1, -0.05) is 6.07 Å². The van der Waals surface area contributed by atoms with Gasteiger partial charge in [-0.15, -0.1) is 0 Å². The van der Waals surface area contributed by atoms with Crippen LogP contribution in [0.3, 0.4) is 0 Å². The van der Waals surface area contributed by atoms with Crippen LogP contribution in [-0.4, -0.2) is 13.2 Å². The highest BCUT2D eigenvalue weighted by atomic mass is 15.4. The second-order valence-corrected chi connectivity index (χ2v) is 7.14. The lowest BCUT2D eigenvalue weighted by molar-refractivity contribution is 0.730. The average molecular weight is 344 g/mol. The number of hydrogen-bond acceptors (Lipinski definition) is 3. The predicted octanol–water partition coefficient (Wildman–Crippen LogP) is 5.59. The van der Waals surface area contributed by atoms with Crippen molar-refractivity contribution in [2.24, 2.45) is 0 Å². The minimum absolute atomic E-state index is 0.0667. The second kappa shape index (κ2) is 6.07. The maximum Gasteiger partial charge on any atom is 0.206 e. The third-order valence-electron chi connectivity index (χ3n) is 6.11. The SMILES string of the molecule is [C-]#[N+]c1ccc2c(c1C#N)N(C)[C@H](C)N2c1c(C)c(C)c(C)c(C)c1C. The summed E-state index contributed by atoms with van der Waals surface area (Å²) in [6.07, 6.45) is 0.0667. The first-order chi connectivity index (χ1) is 12.3. The third kappa shape index (κ3) is 2.19. The number of hydrogen-bond donors (Lipinski definition) is 0. The van der Waals surface area contributed by atoms with Crippen molar-refractivity contribution in [3.05, 3.63) is 56.9 Å². The summed E-state index contributed by atoms with van der Waals surface area (Å²) in [7, 11) is 2.00. The van der Waals surface area contributed by atoms with Crippen LogP contribution < -0.4 is 9.80 Å². The van der Waals surface area contributed by atoms with Gasteiger partial charge in [0.2, 0.25) is 5.69 Å². The van der Waals surface area contributed by atoms with E-state index in [4.69, 9.17) is 6.57 Å². The van der Waals surface area contributed by atoms with Crippen molar-refractivity contribution >= 4 is 22.7 Å². The van der Waals surface area contributed by atoms with Crippen LogP contribution in [0.4, 0.5) is 22.7 Å². The lowest BCUT2D eigenvalue weighted by atomic mass is 9.92. The molecule has 3 rings (SSSR count). The molecule has 1 aliphatic rings. The molecule has 1 aliphatic heterocycles. The molecule has 1 heterocycles. The quantitative estimate of drug-likeness (QED) is 0.633. The summed E-state index contributed by atoms with van der Waals surface area (Å²) in [4.78, 5) is 7.95. The molecule has 0 saturated carbocycles. The molecule has 0 aromatic heterocycles. The molecular formula is C22H24N4. The van der Waals surface area contributed by atoms with E-state index in [1.807, 2.05) is 13.1 Å². The van der Waals surface area contributed by atoms with E-state index in [9.17, 15) is 5.26 Å². The van der Waals surface area contributed by atoms with Gasteiger partial charge in [-0.25, -0.2) is 4.85 Å². The molecule has 4 nitrogen and oxygen atoms in total. The van der Waals surface area contributed by atoms with Gasteiger partial charge >= 0.3 is 0 Å². The standard InChI is InChI=1S/C22H24N4/c1-12-13(2)15(4)21(16(5)14(12)3)26-17(6)25(8)22-18(11-23)19(24-7)9-10-20(22)26/h9-10,17H,1-6,8H3/t17-/m0/s1. The highest BCUT2D eigenvalue weighted by Crippen LogP contribution is 2.50. The van der Waals surface area contributed by atoms with Gasteiger partial charge in [0.1, 0.15) is 6.17 Å². The lowest BCUT2D eigenvalue weighted by Crippen LogP contribution is -2.36. The highest BCUT2D eigenvalue weighted by molar-refractivity contribution is 5.92. The fraction of sp³-hybridized carbons (Fsp3) is 0.364. The average Bonchev–Trinajstić information content (AvgIpc) is 2.89. The molecule has 132 valence electrons. The molecule has 4 heteroatoms. The first-order valence-corrected chi connectivity index (χ1v) is 8.79. The van der Waals surface area contributed by atoms with Crippen molar-refractivity contribution in [3.8, 4) is 6.07 Å². The second-order valence-electron chi connectivity index (χ2n) is 7.14. The Balaban J connectivity index is 2.36. The number of nitrogens with zero attached hydrogens (tertiary/aromatic N) is 4. The Hall–Kier alpha value is -2.98. The fourth-order valence-electron chi connectivity index (χ4n) is 4.03. The van der Waals surface area contributed by atoms with Crippen molar-refractivity contribution in [1.82, 2.24) is 0 Å². The molecule has 0 saturated heterocycles. The van der Waals surface area contributed by atoms with Crippen LogP contribution in [0.5, 0.6) is 0 Å². The van der Waals surface area contributed by atoms with E-state index in [2.05, 4.69) is 62.3 Å². The van der Waals surface area contributed by atoms with Crippen molar-refractivity contribution < 1.29 is 0 Å². The minimum Gasteiger partial charge on any atom is -0.352 e. The Morgan fingerprint density at radius 2 is 1.50 bits per heavy atom. The number of rotatable bonds is 1. The van der Waals surface area contributed by atoms with Gasteiger partial charge < -0.3 is 9.80 Å². The Morgan fingerprint density at radius 1 is 0.962 bits per heavy atom. The summed E-state index contributed by atoms with van der Waals surface area (Å²) in [6.45, 7) is 20.4. The number of anilines is 3. The maximum atomic E-state index is 9.67. The minimum atomic E-state index is 0.0667. The number of nitriles is 1. The van der Waals surface area contributed by atoms with Crippen LogP contribution in [0.1, 0.15) is 40.3 Å². The largest absolute Gasteiger partial charge is 0.352 e. The summed E-state index contributed by atoms with van der Waals surface area (Å²) in [5, 5.41) is 9.67. The van der Waals surface area contributed by atoms with Gasteiger partial charge in [0.05, 0.1) is 29.6 Å². The van der Waals surface area contributed by atoms with Gasteiger partial charge in [0.15, 0.2) is 0 Å². The normalized spacial score (nSPS) is 15.7. The molecule has 0 amide bonds.